The number of amides is 3. The molecular weight excluding hydrogens is 364 g/mol. The number of nitrogens with zero attached hydrogens (tertiary/aromatic N) is 2. The largest absolute Gasteiger partial charge is 0.337 e. The first kappa shape index (κ1) is 19.3. The molecule has 0 radical (unpaired) electrons. The Balaban J connectivity index is 1.25. The fraction of sp³-hybridized carbons (Fsp3) is 0.792. The highest BCUT2D eigenvalue weighted by Crippen LogP contribution is 2.52. The smallest absolute Gasteiger partial charge is 0.233 e. The van der Waals surface area contributed by atoms with Crippen molar-refractivity contribution >= 4 is 17.7 Å². The Morgan fingerprint density at radius 3 is 1.79 bits per heavy atom. The van der Waals surface area contributed by atoms with Crippen LogP contribution in [0.3, 0.4) is 0 Å². The third kappa shape index (κ3) is 3.34. The van der Waals surface area contributed by atoms with Gasteiger partial charge < -0.3 is 4.90 Å². The van der Waals surface area contributed by atoms with Gasteiger partial charge in [0.2, 0.25) is 17.7 Å². The van der Waals surface area contributed by atoms with Crippen LogP contribution in [0.1, 0.15) is 77.0 Å². The maximum atomic E-state index is 13.4. The monoisotopic (exact) mass is 398 g/mol. The van der Waals surface area contributed by atoms with Gasteiger partial charge in [0.25, 0.3) is 0 Å². The summed E-state index contributed by atoms with van der Waals surface area (Å²) in [5.74, 6) is 0.299. The minimum atomic E-state index is -0.152. The average Bonchev–Trinajstić information content (AvgIpc) is 3.43. The fourth-order valence-corrected chi connectivity index (χ4v) is 6.94. The van der Waals surface area contributed by atoms with Crippen LogP contribution in [0.2, 0.25) is 0 Å². The van der Waals surface area contributed by atoms with Gasteiger partial charge in [0.05, 0.1) is 11.8 Å². The van der Waals surface area contributed by atoms with Crippen LogP contribution in [0.4, 0.5) is 0 Å². The molecule has 3 amide bonds. The van der Waals surface area contributed by atoms with E-state index in [9.17, 15) is 14.4 Å². The van der Waals surface area contributed by atoms with Crippen molar-refractivity contribution in [1.29, 1.82) is 0 Å². The molecule has 0 aromatic carbocycles. The summed E-state index contributed by atoms with van der Waals surface area (Å²) >= 11 is 0. The topological polar surface area (TPSA) is 57.7 Å². The number of rotatable bonds is 5. The molecule has 4 atom stereocenters. The normalized spacial score (nSPS) is 34.8. The molecule has 0 unspecified atom stereocenters. The zero-order chi connectivity index (χ0) is 20.0. The number of likely N-dealkylation sites (tertiary alicyclic amines) is 1. The van der Waals surface area contributed by atoms with E-state index in [0.717, 1.165) is 32.1 Å². The Morgan fingerprint density at radius 1 is 0.828 bits per heavy atom. The first-order valence-electron chi connectivity index (χ1n) is 12.0. The van der Waals surface area contributed by atoms with Crippen LogP contribution in [0.5, 0.6) is 0 Å². The van der Waals surface area contributed by atoms with Crippen LogP contribution in [-0.2, 0) is 14.4 Å². The Labute approximate surface area is 173 Å². The van der Waals surface area contributed by atoms with E-state index in [0.29, 0.717) is 18.5 Å². The summed E-state index contributed by atoms with van der Waals surface area (Å²) in [4.78, 5) is 42.8. The molecule has 0 aromatic rings. The zero-order valence-electron chi connectivity index (χ0n) is 17.4. The van der Waals surface area contributed by atoms with Crippen LogP contribution in [-0.4, -0.2) is 46.1 Å². The SMILES string of the molecule is O=C1[C@H]2[C@H](C(=O)N1CCC(=O)N(C1CCCCC1)C1CCCCC1)[C@H]1C=C[C@H]2C1. The van der Waals surface area contributed by atoms with Crippen molar-refractivity contribution in [2.75, 3.05) is 6.54 Å². The van der Waals surface area contributed by atoms with Crippen molar-refractivity contribution in [1.82, 2.24) is 9.80 Å². The predicted octanol–water partition coefficient (Wildman–Crippen LogP) is 3.68. The van der Waals surface area contributed by atoms with Crippen LogP contribution in [0.15, 0.2) is 12.2 Å². The summed E-state index contributed by atoms with van der Waals surface area (Å²) in [6.45, 7) is 0.277. The molecule has 5 rings (SSSR count). The van der Waals surface area contributed by atoms with Crippen LogP contribution in [0, 0.1) is 23.7 Å². The van der Waals surface area contributed by atoms with Gasteiger partial charge in [0, 0.05) is 25.0 Å². The van der Waals surface area contributed by atoms with Gasteiger partial charge in [0.15, 0.2) is 0 Å². The number of carbonyl (C=O) groups is 3. The first-order valence-corrected chi connectivity index (χ1v) is 12.0. The number of hydrogen-bond donors (Lipinski definition) is 0. The van der Waals surface area contributed by atoms with E-state index in [-0.39, 0.29) is 47.9 Å². The molecule has 0 N–H and O–H groups in total. The maximum absolute atomic E-state index is 13.4. The molecule has 0 spiro atoms. The van der Waals surface area contributed by atoms with Crippen molar-refractivity contribution < 1.29 is 14.4 Å². The van der Waals surface area contributed by atoms with Crippen LogP contribution in [0.25, 0.3) is 0 Å². The molecule has 5 aliphatic rings. The highest BCUT2D eigenvalue weighted by Gasteiger charge is 2.59. The lowest BCUT2D eigenvalue weighted by atomic mass is 9.85. The third-order valence-corrected chi connectivity index (χ3v) is 8.34. The minimum absolute atomic E-state index is 0.0217. The molecule has 29 heavy (non-hydrogen) atoms. The van der Waals surface area contributed by atoms with Gasteiger partial charge in [-0.1, -0.05) is 50.7 Å². The summed E-state index contributed by atoms with van der Waals surface area (Å²) in [7, 11) is 0. The van der Waals surface area contributed by atoms with Gasteiger partial charge in [-0.2, -0.15) is 0 Å². The third-order valence-electron chi connectivity index (χ3n) is 8.34. The lowest BCUT2D eigenvalue weighted by molar-refractivity contribution is -0.143. The summed E-state index contributed by atoms with van der Waals surface area (Å²) in [5, 5.41) is 0. The highest BCUT2D eigenvalue weighted by atomic mass is 16.2. The number of carbonyl (C=O) groups excluding carboxylic acids is 3. The number of hydrogen-bond acceptors (Lipinski definition) is 3. The van der Waals surface area contributed by atoms with E-state index in [2.05, 4.69) is 17.1 Å². The minimum Gasteiger partial charge on any atom is -0.337 e. The molecular formula is C24H34N2O3. The summed E-state index contributed by atoms with van der Waals surface area (Å²) in [6, 6.07) is 0.729. The second-order valence-corrected chi connectivity index (χ2v) is 9.96. The molecule has 4 aliphatic carbocycles. The average molecular weight is 399 g/mol. The Morgan fingerprint density at radius 2 is 1.31 bits per heavy atom. The van der Waals surface area contributed by atoms with Crippen LogP contribution < -0.4 is 0 Å². The number of fused-ring (bicyclic) bond motifs is 5. The molecule has 2 bridgehead atoms. The van der Waals surface area contributed by atoms with E-state index in [4.69, 9.17) is 0 Å². The molecule has 158 valence electrons. The summed E-state index contributed by atoms with van der Waals surface area (Å²) in [5.41, 5.74) is 0. The van der Waals surface area contributed by atoms with Gasteiger partial charge in [-0.25, -0.2) is 0 Å². The maximum Gasteiger partial charge on any atom is 0.233 e. The Kier molecular flexibility index (Phi) is 5.25. The van der Waals surface area contributed by atoms with Gasteiger partial charge in [-0.05, 0) is 43.9 Å². The quantitative estimate of drug-likeness (QED) is 0.524. The van der Waals surface area contributed by atoms with Crippen LogP contribution >= 0.6 is 0 Å². The van der Waals surface area contributed by atoms with Crippen molar-refractivity contribution in [3.8, 4) is 0 Å². The molecule has 4 fully saturated rings. The van der Waals surface area contributed by atoms with E-state index in [1.165, 1.54) is 43.4 Å². The fourth-order valence-electron chi connectivity index (χ4n) is 6.94. The molecule has 3 saturated carbocycles. The second-order valence-electron chi connectivity index (χ2n) is 9.96. The van der Waals surface area contributed by atoms with Gasteiger partial charge in [0.1, 0.15) is 0 Å². The Hall–Kier alpha value is -1.65. The second kappa shape index (κ2) is 7.88. The molecule has 5 nitrogen and oxygen atoms in total. The lowest BCUT2D eigenvalue weighted by Gasteiger charge is -2.42. The summed E-state index contributed by atoms with van der Waals surface area (Å²) < 4.78 is 0. The van der Waals surface area contributed by atoms with Crippen molar-refractivity contribution in [2.24, 2.45) is 23.7 Å². The molecule has 1 aliphatic heterocycles. The Bertz CT molecular complexity index is 657. The first-order chi connectivity index (χ1) is 14.1. The highest BCUT2D eigenvalue weighted by molar-refractivity contribution is 6.06. The van der Waals surface area contributed by atoms with E-state index >= 15 is 0 Å². The standard InChI is InChI=1S/C24H34N2O3/c27-20(26(18-7-3-1-4-8-18)19-9-5-2-6-10-19)13-14-25-23(28)21-16-11-12-17(15-16)22(21)24(25)29/h11-12,16-19,21-22H,1-10,13-15H2/t16-,17-,21+,22+/m0/s1. The zero-order valence-corrected chi connectivity index (χ0v) is 17.4. The van der Waals surface area contributed by atoms with E-state index in [1.807, 2.05) is 0 Å². The number of imide groups is 1. The van der Waals surface area contributed by atoms with E-state index in [1.54, 1.807) is 0 Å². The van der Waals surface area contributed by atoms with Gasteiger partial charge >= 0.3 is 0 Å². The molecule has 5 heteroatoms. The van der Waals surface area contributed by atoms with E-state index < -0.39 is 0 Å². The van der Waals surface area contributed by atoms with Crippen molar-refractivity contribution in [2.45, 2.75) is 89.1 Å². The van der Waals surface area contributed by atoms with Gasteiger partial charge in [-0.3, -0.25) is 19.3 Å². The lowest BCUT2D eigenvalue weighted by Crippen LogP contribution is -2.49. The van der Waals surface area contributed by atoms with Crippen molar-refractivity contribution in [3.05, 3.63) is 12.2 Å². The molecule has 1 saturated heterocycles. The number of allylic oxidation sites excluding steroid dienone is 2. The van der Waals surface area contributed by atoms with Crippen molar-refractivity contribution in [3.63, 3.8) is 0 Å². The van der Waals surface area contributed by atoms with Gasteiger partial charge in [-0.15, -0.1) is 0 Å². The molecule has 1 heterocycles. The molecule has 0 aromatic heterocycles. The summed E-state index contributed by atoms with van der Waals surface area (Å²) in [6.07, 6.45) is 17.4. The predicted molar refractivity (Wildman–Crippen MR) is 110 cm³/mol.